The van der Waals surface area contributed by atoms with Gasteiger partial charge in [-0.2, -0.15) is 0 Å². The first kappa shape index (κ1) is 13.0. The minimum atomic E-state index is -0.612. The van der Waals surface area contributed by atoms with Crippen molar-refractivity contribution in [1.82, 2.24) is 10.2 Å². The van der Waals surface area contributed by atoms with Crippen LogP contribution in [0.15, 0.2) is 11.4 Å². The summed E-state index contributed by atoms with van der Waals surface area (Å²) < 4.78 is 0. The monoisotopic (exact) mass is 267 g/mol. The molecule has 0 spiro atoms. The lowest BCUT2D eigenvalue weighted by Gasteiger charge is -2.26. The third-order valence-electron chi connectivity index (χ3n) is 3.06. The summed E-state index contributed by atoms with van der Waals surface area (Å²) in [5.74, 6) is -0.665. The van der Waals surface area contributed by atoms with Gasteiger partial charge in [-0.1, -0.05) is 0 Å². The predicted octanol–water partition coefficient (Wildman–Crippen LogP) is 0.0962. The number of carbonyl (C=O) groups is 2. The number of nitrogens with two attached hydrogens (primary N) is 1. The summed E-state index contributed by atoms with van der Waals surface area (Å²) in [5.41, 5.74) is 6.41. The van der Waals surface area contributed by atoms with Gasteiger partial charge in [0.15, 0.2) is 0 Å². The molecule has 3 N–H and O–H groups in total. The highest BCUT2D eigenvalue weighted by Gasteiger charge is 2.20. The number of fused-ring (bicyclic) bond motifs is 1. The molecule has 1 unspecified atom stereocenters. The van der Waals surface area contributed by atoms with Crippen molar-refractivity contribution in [2.45, 2.75) is 25.9 Å². The summed E-state index contributed by atoms with van der Waals surface area (Å²) in [7, 11) is 0. The molecule has 0 aliphatic carbocycles. The average molecular weight is 267 g/mol. The molecule has 6 heteroatoms. The number of nitrogens with one attached hydrogen (secondary N) is 1. The molecule has 1 aliphatic rings. The Kier molecular flexibility index (Phi) is 3.98. The molecule has 2 heterocycles. The minimum Gasteiger partial charge on any atom is -0.368 e. The Morgan fingerprint density at radius 3 is 3.11 bits per heavy atom. The summed E-state index contributed by atoms with van der Waals surface area (Å²) in [4.78, 5) is 26.1. The van der Waals surface area contributed by atoms with Crippen molar-refractivity contribution >= 4 is 23.2 Å². The van der Waals surface area contributed by atoms with Crippen LogP contribution in [0.5, 0.6) is 0 Å². The molecule has 0 aromatic carbocycles. The summed E-state index contributed by atoms with van der Waals surface area (Å²) in [6.07, 6.45) is 0.992. The second kappa shape index (κ2) is 5.49. The van der Waals surface area contributed by atoms with Gasteiger partial charge in [0.1, 0.15) is 6.04 Å². The highest BCUT2D eigenvalue weighted by molar-refractivity contribution is 7.10. The lowest BCUT2D eigenvalue weighted by molar-refractivity contribution is -0.127. The largest absolute Gasteiger partial charge is 0.368 e. The number of primary amides is 1. The first-order valence-electron chi connectivity index (χ1n) is 5.92. The van der Waals surface area contributed by atoms with E-state index in [2.05, 4.69) is 21.7 Å². The summed E-state index contributed by atoms with van der Waals surface area (Å²) in [6.45, 7) is 3.59. The fourth-order valence-electron chi connectivity index (χ4n) is 2.00. The Bertz CT molecular complexity index is 458. The standard InChI is InChI=1S/C12H17N3O2S/c1-8(12(13)17)14-11(16)7-15-4-2-10-9(6-15)3-5-18-10/h3,5,8H,2,4,6-7H2,1H3,(H2,13,17)(H,14,16). The van der Waals surface area contributed by atoms with Crippen LogP contribution in [0, 0.1) is 0 Å². The second-order valence-electron chi connectivity index (χ2n) is 4.52. The van der Waals surface area contributed by atoms with Gasteiger partial charge in [0.25, 0.3) is 0 Å². The summed E-state index contributed by atoms with van der Waals surface area (Å²) >= 11 is 1.77. The SMILES string of the molecule is CC(NC(=O)CN1CCc2sccc2C1)C(N)=O. The Hall–Kier alpha value is -1.40. The van der Waals surface area contributed by atoms with Gasteiger partial charge in [-0.3, -0.25) is 14.5 Å². The molecule has 1 aromatic rings. The molecule has 2 rings (SSSR count). The van der Waals surface area contributed by atoms with Gasteiger partial charge in [0.05, 0.1) is 6.54 Å². The predicted molar refractivity (Wildman–Crippen MR) is 70.1 cm³/mol. The number of nitrogens with zero attached hydrogens (tertiary/aromatic N) is 1. The summed E-state index contributed by atoms with van der Waals surface area (Å²) in [5, 5.41) is 4.68. The number of hydrogen-bond acceptors (Lipinski definition) is 4. The number of hydrogen-bond donors (Lipinski definition) is 2. The molecule has 0 saturated heterocycles. The molecule has 5 nitrogen and oxygen atoms in total. The minimum absolute atomic E-state index is 0.153. The fourth-order valence-corrected chi connectivity index (χ4v) is 2.89. The van der Waals surface area contributed by atoms with Crippen LogP contribution in [0.3, 0.4) is 0 Å². The number of amides is 2. The van der Waals surface area contributed by atoms with Crippen molar-refractivity contribution < 1.29 is 9.59 Å². The molecular weight excluding hydrogens is 250 g/mol. The molecular formula is C12H17N3O2S. The third-order valence-corrected chi connectivity index (χ3v) is 4.08. The van der Waals surface area contributed by atoms with Crippen molar-refractivity contribution in [1.29, 1.82) is 0 Å². The van der Waals surface area contributed by atoms with Crippen LogP contribution in [-0.2, 0) is 22.6 Å². The Balaban J connectivity index is 1.84. The highest BCUT2D eigenvalue weighted by atomic mass is 32.1. The van der Waals surface area contributed by atoms with E-state index in [9.17, 15) is 9.59 Å². The molecule has 0 bridgehead atoms. The quantitative estimate of drug-likeness (QED) is 0.812. The van der Waals surface area contributed by atoms with E-state index in [1.54, 1.807) is 18.3 Å². The van der Waals surface area contributed by atoms with E-state index in [4.69, 9.17) is 5.73 Å². The third kappa shape index (κ3) is 3.08. The van der Waals surface area contributed by atoms with Crippen molar-refractivity contribution in [2.75, 3.05) is 13.1 Å². The van der Waals surface area contributed by atoms with Gasteiger partial charge in [0, 0.05) is 18.0 Å². The molecule has 98 valence electrons. The van der Waals surface area contributed by atoms with Crippen LogP contribution in [0.25, 0.3) is 0 Å². The fraction of sp³-hybridized carbons (Fsp3) is 0.500. The van der Waals surface area contributed by atoms with Crippen LogP contribution < -0.4 is 11.1 Å². The smallest absolute Gasteiger partial charge is 0.239 e. The normalized spacial score (nSPS) is 16.9. The van der Waals surface area contributed by atoms with Crippen LogP contribution in [0.4, 0.5) is 0 Å². The average Bonchev–Trinajstić information content (AvgIpc) is 2.75. The highest BCUT2D eigenvalue weighted by Crippen LogP contribution is 2.23. The molecule has 2 amide bonds. The first-order valence-corrected chi connectivity index (χ1v) is 6.80. The van der Waals surface area contributed by atoms with E-state index >= 15 is 0 Å². The second-order valence-corrected chi connectivity index (χ2v) is 5.52. The van der Waals surface area contributed by atoms with Crippen molar-refractivity contribution in [3.8, 4) is 0 Å². The first-order chi connectivity index (χ1) is 8.56. The maximum atomic E-state index is 11.7. The molecule has 1 atom stereocenters. The number of carbonyl (C=O) groups excluding carboxylic acids is 2. The van der Waals surface area contributed by atoms with Crippen molar-refractivity contribution in [3.05, 3.63) is 21.9 Å². The number of thiophene rings is 1. The van der Waals surface area contributed by atoms with Gasteiger partial charge in [-0.05, 0) is 30.4 Å². The van der Waals surface area contributed by atoms with Gasteiger partial charge in [-0.25, -0.2) is 0 Å². The zero-order chi connectivity index (χ0) is 13.1. The zero-order valence-corrected chi connectivity index (χ0v) is 11.1. The molecule has 0 radical (unpaired) electrons. The zero-order valence-electron chi connectivity index (χ0n) is 10.3. The van der Waals surface area contributed by atoms with E-state index in [-0.39, 0.29) is 5.91 Å². The maximum absolute atomic E-state index is 11.7. The molecule has 1 aromatic heterocycles. The van der Waals surface area contributed by atoms with E-state index in [1.807, 2.05) is 0 Å². The van der Waals surface area contributed by atoms with Crippen LogP contribution >= 0.6 is 11.3 Å². The van der Waals surface area contributed by atoms with E-state index in [1.165, 1.54) is 10.4 Å². The number of rotatable bonds is 4. The van der Waals surface area contributed by atoms with Crippen LogP contribution in [0.2, 0.25) is 0 Å². The van der Waals surface area contributed by atoms with Crippen molar-refractivity contribution in [2.24, 2.45) is 5.73 Å². The van der Waals surface area contributed by atoms with E-state index in [0.29, 0.717) is 6.54 Å². The van der Waals surface area contributed by atoms with Crippen LogP contribution in [0.1, 0.15) is 17.4 Å². The van der Waals surface area contributed by atoms with Gasteiger partial charge >= 0.3 is 0 Å². The lowest BCUT2D eigenvalue weighted by atomic mass is 10.1. The van der Waals surface area contributed by atoms with E-state index < -0.39 is 11.9 Å². The Morgan fingerprint density at radius 2 is 2.39 bits per heavy atom. The van der Waals surface area contributed by atoms with Gasteiger partial charge < -0.3 is 11.1 Å². The lowest BCUT2D eigenvalue weighted by Crippen LogP contribution is -2.47. The molecule has 18 heavy (non-hydrogen) atoms. The Labute approximate surface area is 110 Å². The molecule has 0 fully saturated rings. The maximum Gasteiger partial charge on any atom is 0.239 e. The van der Waals surface area contributed by atoms with Crippen LogP contribution in [-0.4, -0.2) is 35.8 Å². The topological polar surface area (TPSA) is 75.4 Å². The molecule has 0 saturated carbocycles. The van der Waals surface area contributed by atoms with Crippen molar-refractivity contribution in [3.63, 3.8) is 0 Å². The van der Waals surface area contributed by atoms with E-state index in [0.717, 1.165) is 19.5 Å². The Morgan fingerprint density at radius 1 is 1.61 bits per heavy atom. The summed E-state index contributed by atoms with van der Waals surface area (Å²) in [6, 6.07) is 1.50. The van der Waals surface area contributed by atoms with Gasteiger partial charge in [0.2, 0.25) is 11.8 Å². The van der Waals surface area contributed by atoms with Gasteiger partial charge in [-0.15, -0.1) is 11.3 Å². The molecule has 1 aliphatic heterocycles.